The van der Waals surface area contributed by atoms with Crippen LogP contribution in [0, 0.1) is 17.8 Å². The predicted octanol–water partition coefficient (Wildman–Crippen LogP) is 2.83. The van der Waals surface area contributed by atoms with Crippen LogP contribution in [-0.4, -0.2) is 10.7 Å². The first-order chi connectivity index (χ1) is 5.43. The van der Waals surface area contributed by atoms with Crippen LogP contribution in [-0.2, 0) is 0 Å². The molecule has 1 rings (SSSR count). The van der Waals surface area contributed by atoms with Crippen LogP contribution in [0.4, 0.5) is 0 Å². The molecule has 1 saturated carbocycles. The van der Waals surface area contributed by atoms with Crippen molar-refractivity contribution in [2.24, 2.45) is 17.8 Å². The summed E-state index contributed by atoms with van der Waals surface area (Å²) in [4.78, 5) is 0. The van der Waals surface area contributed by atoms with Crippen molar-refractivity contribution in [1.29, 1.82) is 0 Å². The summed E-state index contributed by atoms with van der Waals surface area (Å²) < 4.78 is 0. The van der Waals surface area contributed by atoms with E-state index >= 15 is 0 Å². The van der Waals surface area contributed by atoms with Crippen molar-refractivity contribution in [2.45, 2.75) is 52.6 Å². The van der Waals surface area contributed by atoms with E-state index in [1.165, 1.54) is 12.8 Å². The fourth-order valence-corrected chi connectivity index (χ4v) is 2.79. The van der Waals surface area contributed by atoms with Crippen LogP contribution in [0.2, 0.25) is 0 Å². The fourth-order valence-electron chi connectivity index (χ4n) is 2.79. The molecule has 12 heavy (non-hydrogen) atoms. The summed E-state index contributed by atoms with van der Waals surface area (Å²) in [5, 5.41) is 10.2. The third-order valence-corrected chi connectivity index (χ3v) is 3.34. The van der Waals surface area contributed by atoms with E-state index in [0.717, 1.165) is 6.42 Å². The van der Waals surface area contributed by atoms with E-state index in [1.807, 2.05) is 6.92 Å². The van der Waals surface area contributed by atoms with Gasteiger partial charge in [0.05, 0.1) is 5.60 Å². The lowest BCUT2D eigenvalue weighted by molar-refractivity contribution is -0.0649. The van der Waals surface area contributed by atoms with Crippen LogP contribution in [0.15, 0.2) is 0 Å². The second-order valence-electron chi connectivity index (χ2n) is 5.09. The van der Waals surface area contributed by atoms with E-state index in [0.29, 0.717) is 17.8 Å². The van der Waals surface area contributed by atoms with Gasteiger partial charge in [0.15, 0.2) is 0 Å². The zero-order chi connectivity index (χ0) is 9.35. The molecule has 0 unspecified atom stereocenters. The quantitative estimate of drug-likeness (QED) is 0.641. The van der Waals surface area contributed by atoms with Crippen molar-refractivity contribution in [2.75, 3.05) is 0 Å². The maximum absolute atomic E-state index is 10.2. The van der Waals surface area contributed by atoms with Crippen molar-refractivity contribution in [3.8, 4) is 0 Å². The van der Waals surface area contributed by atoms with Gasteiger partial charge in [0, 0.05) is 0 Å². The Bertz CT molecular complexity index is 149. The number of aliphatic hydroxyl groups is 1. The largest absolute Gasteiger partial charge is 0.390 e. The molecule has 0 aromatic rings. The van der Waals surface area contributed by atoms with Gasteiger partial charge in [-0.2, -0.15) is 0 Å². The van der Waals surface area contributed by atoms with E-state index in [4.69, 9.17) is 0 Å². The van der Waals surface area contributed by atoms with E-state index in [1.54, 1.807) is 0 Å². The minimum Gasteiger partial charge on any atom is -0.390 e. The second kappa shape index (κ2) is 3.37. The van der Waals surface area contributed by atoms with Crippen LogP contribution in [0.25, 0.3) is 0 Å². The predicted molar refractivity (Wildman–Crippen MR) is 52.0 cm³/mol. The Kier molecular flexibility index (Phi) is 2.82. The Morgan fingerprint density at radius 3 is 2.33 bits per heavy atom. The zero-order valence-electron chi connectivity index (χ0n) is 8.80. The van der Waals surface area contributed by atoms with Gasteiger partial charge in [-0.15, -0.1) is 0 Å². The Balaban J connectivity index is 2.64. The maximum atomic E-state index is 10.2. The molecule has 1 fully saturated rings. The minimum atomic E-state index is -0.411. The third-order valence-electron chi connectivity index (χ3n) is 3.34. The summed E-state index contributed by atoms with van der Waals surface area (Å²) in [6.45, 7) is 8.68. The average molecular weight is 170 g/mol. The summed E-state index contributed by atoms with van der Waals surface area (Å²) >= 11 is 0. The van der Waals surface area contributed by atoms with E-state index in [9.17, 15) is 5.11 Å². The lowest BCUT2D eigenvalue weighted by Crippen LogP contribution is -2.42. The molecule has 0 amide bonds. The number of hydrogen-bond donors (Lipinski definition) is 1. The Morgan fingerprint density at radius 1 is 1.33 bits per heavy atom. The normalized spacial score (nSPS) is 43.5. The van der Waals surface area contributed by atoms with Crippen LogP contribution in [0.3, 0.4) is 0 Å². The highest BCUT2D eigenvalue weighted by atomic mass is 16.3. The topological polar surface area (TPSA) is 20.2 Å². The van der Waals surface area contributed by atoms with Gasteiger partial charge in [-0.1, -0.05) is 27.2 Å². The van der Waals surface area contributed by atoms with Crippen molar-refractivity contribution in [3.05, 3.63) is 0 Å². The molecule has 0 spiro atoms. The lowest BCUT2D eigenvalue weighted by atomic mass is 9.68. The van der Waals surface area contributed by atoms with Gasteiger partial charge in [-0.3, -0.25) is 0 Å². The molecule has 0 aromatic heterocycles. The molecule has 1 nitrogen and oxygen atoms in total. The first kappa shape index (κ1) is 10.0. The van der Waals surface area contributed by atoms with Gasteiger partial charge in [-0.05, 0) is 37.5 Å². The Morgan fingerprint density at radius 2 is 1.92 bits per heavy atom. The summed E-state index contributed by atoms with van der Waals surface area (Å²) in [5.74, 6) is 1.83. The molecular formula is C11H22O. The first-order valence-corrected chi connectivity index (χ1v) is 5.16. The summed E-state index contributed by atoms with van der Waals surface area (Å²) in [5.41, 5.74) is -0.411. The molecule has 1 heteroatoms. The third kappa shape index (κ3) is 2.01. The highest BCUT2D eigenvalue weighted by molar-refractivity contribution is 4.89. The van der Waals surface area contributed by atoms with Gasteiger partial charge in [-0.25, -0.2) is 0 Å². The highest BCUT2D eigenvalue weighted by Gasteiger charge is 2.38. The minimum absolute atomic E-state index is 0.411. The Labute approximate surface area is 76.2 Å². The Hall–Kier alpha value is -0.0400. The molecule has 0 radical (unpaired) electrons. The lowest BCUT2D eigenvalue weighted by Gasteiger charge is -2.42. The van der Waals surface area contributed by atoms with E-state index < -0.39 is 5.60 Å². The molecule has 0 bridgehead atoms. The molecule has 72 valence electrons. The zero-order valence-corrected chi connectivity index (χ0v) is 8.80. The molecule has 1 N–H and O–H groups in total. The SMILES string of the molecule is CC(C)[C@@H]1CC[C@H](C)C[C@]1(C)O. The smallest absolute Gasteiger partial charge is 0.0652 e. The monoisotopic (exact) mass is 170 g/mol. The van der Waals surface area contributed by atoms with E-state index in [2.05, 4.69) is 20.8 Å². The first-order valence-electron chi connectivity index (χ1n) is 5.16. The molecule has 0 heterocycles. The van der Waals surface area contributed by atoms with Gasteiger partial charge in [0.2, 0.25) is 0 Å². The second-order valence-corrected chi connectivity index (χ2v) is 5.09. The van der Waals surface area contributed by atoms with Crippen molar-refractivity contribution < 1.29 is 5.11 Å². The highest BCUT2D eigenvalue weighted by Crippen LogP contribution is 2.40. The average Bonchev–Trinajstić information content (AvgIpc) is 1.82. The fraction of sp³-hybridized carbons (Fsp3) is 1.00. The molecule has 3 atom stereocenters. The number of hydrogen-bond acceptors (Lipinski definition) is 1. The van der Waals surface area contributed by atoms with Gasteiger partial charge in [0.25, 0.3) is 0 Å². The standard InChI is InChI=1S/C11H22O/c1-8(2)10-6-5-9(3)7-11(10,4)12/h8-10,12H,5-7H2,1-4H3/t9-,10-,11-/m0/s1. The summed E-state index contributed by atoms with van der Waals surface area (Å²) in [6.07, 6.45) is 3.47. The van der Waals surface area contributed by atoms with Crippen LogP contribution in [0.1, 0.15) is 47.0 Å². The molecule has 1 aliphatic rings. The van der Waals surface area contributed by atoms with Crippen molar-refractivity contribution in [3.63, 3.8) is 0 Å². The van der Waals surface area contributed by atoms with Gasteiger partial charge >= 0.3 is 0 Å². The van der Waals surface area contributed by atoms with Gasteiger partial charge < -0.3 is 5.11 Å². The molecule has 0 saturated heterocycles. The molecular weight excluding hydrogens is 148 g/mol. The van der Waals surface area contributed by atoms with Crippen LogP contribution in [0.5, 0.6) is 0 Å². The van der Waals surface area contributed by atoms with Crippen molar-refractivity contribution in [1.82, 2.24) is 0 Å². The van der Waals surface area contributed by atoms with Crippen LogP contribution >= 0.6 is 0 Å². The van der Waals surface area contributed by atoms with E-state index in [-0.39, 0.29) is 0 Å². The molecule has 0 aromatic carbocycles. The van der Waals surface area contributed by atoms with Crippen molar-refractivity contribution >= 4 is 0 Å². The summed E-state index contributed by atoms with van der Waals surface area (Å²) in [6, 6.07) is 0. The van der Waals surface area contributed by atoms with Gasteiger partial charge in [0.1, 0.15) is 0 Å². The number of rotatable bonds is 1. The maximum Gasteiger partial charge on any atom is 0.0652 e. The molecule has 0 aliphatic heterocycles. The van der Waals surface area contributed by atoms with Crippen LogP contribution < -0.4 is 0 Å². The summed E-state index contributed by atoms with van der Waals surface area (Å²) in [7, 11) is 0. The molecule has 1 aliphatic carbocycles.